The van der Waals surface area contributed by atoms with Crippen LogP contribution in [0.25, 0.3) is 0 Å². The Bertz CT molecular complexity index is 474. The molecule has 2 unspecified atom stereocenters. The lowest BCUT2D eigenvalue weighted by molar-refractivity contribution is 0.0697. The van der Waals surface area contributed by atoms with Gasteiger partial charge in [-0.25, -0.2) is 4.79 Å². The van der Waals surface area contributed by atoms with Crippen molar-refractivity contribution >= 4 is 34.2 Å². The smallest absolute Gasteiger partial charge is 0.337 e. The number of rotatable bonds is 2. The predicted octanol–water partition coefficient (Wildman–Crippen LogP) is 2.84. The summed E-state index contributed by atoms with van der Waals surface area (Å²) in [5.74, 6) is 0.903. The topological polar surface area (TPSA) is 40.5 Å². The summed E-state index contributed by atoms with van der Waals surface area (Å²) in [6, 6.07) is 5.57. The van der Waals surface area contributed by atoms with Gasteiger partial charge in [-0.15, -0.1) is 0 Å². The quantitative estimate of drug-likeness (QED) is 0.840. The molecule has 90 valence electrons. The SMILES string of the molecule is O=C(O)c1ccc(I)cc1N1CCC2CC2C1. The Morgan fingerprint density at radius 1 is 1.41 bits per heavy atom. The summed E-state index contributed by atoms with van der Waals surface area (Å²) in [5, 5.41) is 9.23. The summed E-state index contributed by atoms with van der Waals surface area (Å²) in [6.07, 6.45) is 2.55. The highest BCUT2D eigenvalue weighted by Crippen LogP contribution is 2.46. The highest BCUT2D eigenvalue weighted by atomic mass is 127. The number of carbonyl (C=O) groups is 1. The molecule has 0 spiro atoms. The number of anilines is 1. The third kappa shape index (κ3) is 2.14. The number of hydrogen-bond acceptors (Lipinski definition) is 2. The number of nitrogens with zero attached hydrogens (tertiary/aromatic N) is 1. The molecule has 2 fully saturated rings. The second-order valence-electron chi connectivity index (χ2n) is 4.96. The lowest BCUT2D eigenvalue weighted by Gasteiger charge is -2.29. The zero-order valence-corrected chi connectivity index (χ0v) is 11.6. The van der Waals surface area contributed by atoms with E-state index in [9.17, 15) is 9.90 Å². The molecule has 1 N–H and O–H groups in total. The second-order valence-corrected chi connectivity index (χ2v) is 6.20. The van der Waals surface area contributed by atoms with Crippen LogP contribution in [0.4, 0.5) is 5.69 Å². The van der Waals surface area contributed by atoms with Gasteiger partial charge in [0.25, 0.3) is 0 Å². The molecule has 1 saturated heterocycles. The summed E-state index contributed by atoms with van der Waals surface area (Å²) in [6.45, 7) is 2.03. The van der Waals surface area contributed by atoms with Crippen molar-refractivity contribution in [3.05, 3.63) is 27.3 Å². The molecule has 1 aliphatic heterocycles. The van der Waals surface area contributed by atoms with E-state index in [2.05, 4.69) is 27.5 Å². The van der Waals surface area contributed by atoms with Gasteiger partial charge in [0.15, 0.2) is 0 Å². The molecule has 3 nitrogen and oxygen atoms in total. The number of carboxylic acids is 1. The molecule has 1 aromatic rings. The number of carboxylic acid groups (broad SMARTS) is 1. The first kappa shape index (κ1) is 11.3. The molecule has 2 atom stereocenters. The maximum atomic E-state index is 11.2. The Labute approximate surface area is 114 Å². The molecule has 0 amide bonds. The van der Waals surface area contributed by atoms with Gasteiger partial charge in [-0.2, -0.15) is 0 Å². The minimum Gasteiger partial charge on any atom is -0.478 e. The van der Waals surface area contributed by atoms with Crippen LogP contribution >= 0.6 is 22.6 Å². The highest BCUT2D eigenvalue weighted by Gasteiger charge is 2.41. The molecule has 0 bridgehead atoms. The van der Waals surface area contributed by atoms with Crippen LogP contribution in [0.3, 0.4) is 0 Å². The van der Waals surface area contributed by atoms with Crippen molar-refractivity contribution in [2.24, 2.45) is 11.8 Å². The minimum atomic E-state index is -0.825. The molecule has 2 aliphatic rings. The van der Waals surface area contributed by atoms with Crippen LogP contribution in [-0.4, -0.2) is 24.2 Å². The van der Waals surface area contributed by atoms with Crippen molar-refractivity contribution in [3.8, 4) is 0 Å². The lowest BCUT2D eigenvalue weighted by Crippen LogP contribution is -2.32. The van der Waals surface area contributed by atoms with Gasteiger partial charge < -0.3 is 10.0 Å². The average molecular weight is 343 g/mol. The summed E-state index contributed by atoms with van der Waals surface area (Å²) in [4.78, 5) is 13.5. The van der Waals surface area contributed by atoms with Crippen LogP contribution in [-0.2, 0) is 0 Å². The van der Waals surface area contributed by atoms with Crippen molar-refractivity contribution < 1.29 is 9.90 Å². The summed E-state index contributed by atoms with van der Waals surface area (Å²) in [7, 11) is 0. The van der Waals surface area contributed by atoms with Gasteiger partial charge in [0, 0.05) is 16.7 Å². The van der Waals surface area contributed by atoms with Gasteiger partial charge in [-0.1, -0.05) is 0 Å². The number of piperidine rings is 1. The Balaban J connectivity index is 1.94. The Kier molecular flexibility index (Phi) is 2.77. The molecule has 3 rings (SSSR count). The minimum absolute atomic E-state index is 0.435. The summed E-state index contributed by atoms with van der Waals surface area (Å²) >= 11 is 2.24. The molecule has 17 heavy (non-hydrogen) atoms. The fourth-order valence-corrected chi connectivity index (χ4v) is 3.22. The third-order valence-electron chi connectivity index (χ3n) is 3.82. The monoisotopic (exact) mass is 343 g/mol. The van der Waals surface area contributed by atoms with Crippen molar-refractivity contribution in [2.75, 3.05) is 18.0 Å². The van der Waals surface area contributed by atoms with Gasteiger partial charge in [0.2, 0.25) is 0 Å². The van der Waals surface area contributed by atoms with Crippen LogP contribution in [0.5, 0.6) is 0 Å². The van der Waals surface area contributed by atoms with Crippen molar-refractivity contribution in [3.63, 3.8) is 0 Å². The third-order valence-corrected chi connectivity index (χ3v) is 4.50. The van der Waals surface area contributed by atoms with E-state index >= 15 is 0 Å². The first-order valence-corrected chi connectivity index (χ1v) is 7.01. The molecule has 0 aromatic heterocycles. The summed E-state index contributed by atoms with van der Waals surface area (Å²) < 4.78 is 1.10. The molecular formula is C13H14INO2. The Morgan fingerprint density at radius 2 is 2.24 bits per heavy atom. The Hall–Kier alpha value is -0.780. The van der Waals surface area contributed by atoms with Crippen LogP contribution in [0.1, 0.15) is 23.2 Å². The second kappa shape index (κ2) is 4.15. The van der Waals surface area contributed by atoms with Crippen LogP contribution in [0.15, 0.2) is 18.2 Å². The molecule has 1 heterocycles. The average Bonchev–Trinajstić information content (AvgIpc) is 3.06. The van der Waals surface area contributed by atoms with Crippen molar-refractivity contribution in [2.45, 2.75) is 12.8 Å². The van der Waals surface area contributed by atoms with Crippen LogP contribution in [0.2, 0.25) is 0 Å². The number of aromatic carboxylic acids is 1. The molecule has 4 heteroatoms. The molecule has 1 saturated carbocycles. The molecule has 0 radical (unpaired) electrons. The molecule has 1 aliphatic carbocycles. The van der Waals surface area contributed by atoms with E-state index in [1.165, 1.54) is 12.8 Å². The van der Waals surface area contributed by atoms with Gasteiger partial charge in [0.05, 0.1) is 11.3 Å². The van der Waals surface area contributed by atoms with Gasteiger partial charge >= 0.3 is 5.97 Å². The molecular weight excluding hydrogens is 329 g/mol. The fraction of sp³-hybridized carbons (Fsp3) is 0.462. The highest BCUT2D eigenvalue weighted by molar-refractivity contribution is 14.1. The van der Waals surface area contributed by atoms with Crippen molar-refractivity contribution in [1.29, 1.82) is 0 Å². The van der Waals surface area contributed by atoms with Gasteiger partial charge in [-0.05, 0) is 65.5 Å². The first-order valence-electron chi connectivity index (χ1n) is 5.93. The first-order chi connectivity index (χ1) is 8.15. The lowest BCUT2D eigenvalue weighted by atomic mass is 10.1. The predicted molar refractivity (Wildman–Crippen MR) is 74.5 cm³/mol. The fourth-order valence-electron chi connectivity index (χ4n) is 2.75. The van der Waals surface area contributed by atoms with Crippen molar-refractivity contribution in [1.82, 2.24) is 0 Å². The van der Waals surface area contributed by atoms with E-state index in [1.54, 1.807) is 6.07 Å². The van der Waals surface area contributed by atoms with E-state index in [1.807, 2.05) is 12.1 Å². The summed E-state index contributed by atoms with van der Waals surface area (Å²) in [5.41, 5.74) is 1.33. The standard InChI is InChI=1S/C13H14INO2/c14-10-1-2-11(13(16)17)12(6-10)15-4-3-8-5-9(8)7-15/h1-2,6,8-9H,3-5,7H2,(H,16,17). The maximum absolute atomic E-state index is 11.2. The molecule has 1 aromatic carbocycles. The number of hydrogen-bond donors (Lipinski definition) is 1. The number of halogens is 1. The Morgan fingerprint density at radius 3 is 2.94 bits per heavy atom. The number of fused-ring (bicyclic) bond motifs is 1. The van der Waals surface area contributed by atoms with Crippen LogP contribution in [0, 0.1) is 15.4 Å². The van der Waals surface area contributed by atoms with Gasteiger partial charge in [-0.3, -0.25) is 0 Å². The maximum Gasteiger partial charge on any atom is 0.337 e. The largest absolute Gasteiger partial charge is 0.478 e. The van der Waals surface area contributed by atoms with Crippen LogP contribution < -0.4 is 4.90 Å². The van der Waals surface area contributed by atoms with E-state index in [-0.39, 0.29) is 0 Å². The number of benzene rings is 1. The van der Waals surface area contributed by atoms with E-state index in [0.717, 1.165) is 34.2 Å². The zero-order chi connectivity index (χ0) is 12.0. The normalized spacial score (nSPS) is 26.5. The van der Waals surface area contributed by atoms with Gasteiger partial charge in [0.1, 0.15) is 0 Å². The van der Waals surface area contributed by atoms with E-state index in [0.29, 0.717) is 5.56 Å². The van der Waals surface area contributed by atoms with E-state index in [4.69, 9.17) is 0 Å². The van der Waals surface area contributed by atoms with E-state index < -0.39 is 5.97 Å². The zero-order valence-electron chi connectivity index (χ0n) is 9.40.